The zero-order chi connectivity index (χ0) is 23.6. The second kappa shape index (κ2) is 8.70. The molecule has 1 atom stereocenters. The van der Waals surface area contributed by atoms with Gasteiger partial charge in [0.25, 0.3) is 5.91 Å². The topological polar surface area (TPSA) is 87.7 Å². The summed E-state index contributed by atoms with van der Waals surface area (Å²) in [4.78, 5) is 38.4. The van der Waals surface area contributed by atoms with Crippen LogP contribution in [0.3, 0.4) is 0 Å². The average Bonchev–Trinajstić information content (AvgIpc) is 2.99. The smallest absolute Gasteiger partial charge is 0.325 e. The van der Waals surface area contributed by atoms with Crippen molar-refractivity contribution in [1.82, 2.24) is 10.2 Å². The third-order valence-corrected chi connectivity index (χ3v) is 5.16. The van der Waals surface area contributed by atoms with Crippen molar-refractivity contribution in [2.24, 2.45) is 0 Å². The first-order valence-corrected chi connectivity index (χ1v) is 9.99. The Balaban J connectivity index is 1.41. The molecule has 0 radical (unpaired) electrons. The van der Waals surface area contributed by atoms with Crippen molar-refractivity contribution in [2.45, 2.75) is 12.5 Å². The summed E-state index contributed by atoms with van der Waals surface area (Å²) in [6.07, 6.45) is 0. The number of nitrogens with zero attached hydrogens (tertiary/aromatic N) is 1. The number of rotatable bonds is 6. The van der Waals surface area contributed by atoms with Crippen LogP contribution < -0.4 is 15.4 Å². The second-order valence-corrected chi connectivity index (χ2v) is 7.56. The van der Waals surface area contributed by atoms with E-state index in [1.807, 2.05) is 18.2 Å². The van der Waals surface area contributed by atoms with Crippen LogP contribution in [0.25, 0.3) is 0 Å². The summed E-state index contributed by atoms with van der Waals surface area (Å²) in [5.74, 6) is -2.01. The van der Waals surface area contributed by atoms with Crippen LogP contribution in [0.4, 0.5) is 19.3 Å². The molecule has 0 aromatic heterocycles. The van der Waals surface area contributed by atoms with Crippen LogP contribution in [-0.4, -0.2) is 29.3 Å². The number of carbonyl (C=O) groups is 3. The zero-order valence-electron chi connectivity index (χ0n) is 17.5. The van der Waals surface area contributed by atoms with Gasteiger partial charge in [-0.1, -0.05) is 24.3 Å². The number of halogens is 2. The molecule has 168 valence electrons. The monoisotopic (exact) mass is 451 g/mol. The van der Waals surface area contributed by atoms with Gasteiger partial charge in [-0.2, -0.15) is 0 Å². The summed E-state index contributed by atoms with van der Waals surface area (Å²) in [6.45, 7) is 0.720. The fraction of sp³-hybridized carbons (Fsp3) is 0.125. The summed E-state index contributed by atoms with van der Waals surface area (Å²) in [5, 5.41) is 4.98. The van der Waals surface area contributed by atoms with Crippen LogP contribution in [-0.2, 0) is 15.1 Å². The molecule has 4 amide bonds. The highest BCUT2D eigenvalue weighted by atomic mass is 19.1. The Morgan fingerprint density at radius 1 is 1.00 bits per heavy atom. The van der Waals surface area contributed by atoms with E-state index in [1.165, 1.54) is 6.92 Å². The Morgan fingerprint density at radius 3 is 2.33 bits per heavy atom. The van der Waals surface area contributed by atoms with Crippen molar-refractivity contribution in [3.05, 3.63) is 90.0 Å². The molecular formula is C24H19F2N3O4. The summed E-state index contributed by atoms with van der Waals surface area (Å²) < 4.78 is 33.2. The van der Waals surface area contributed by atoms with Crippen molar-refractivity contribution >= 4 is 23.5 Å². The molecule has 1 fully saturated rings. The number of hydrogen-bond acceptors (Lipinski definition) is 4. The van der Waals surface area contributed by atoms with Crippen LogP contribution in [0.1, 0.15) is 12.5 Å². The van der Waals surface area contributed by atoms with Crippen molar-refractivity contribution in [1.29, 1.82) is 0 Å². The zero-order valence-corrected chi connectivity index (χ0v) is 17.5. The standard InChI is InChI=1S/C24H19F2N3O4/c1-24(19-12-7-15(25)13-20(19)26)22(31)29(23(32)28-24)14-21(30)27-16-8-10-18(11-9-16)33-17-5-3-2-4-6-17/h2-13H,14H2,1H3,(H,27,30)(H,28,32). The third-order valence-electron chi connectivity index (χ3n) is 5.16. The average molecular weight is 451 g/mol. The molecule has 4 rings (SSSR count). The van der Waals surface area contributed by atoms with E-state index >= 15 is 0 Å². The number of anilines is 1. The van der Waals surface area contributed by atoms with Gasteiger partial charge in [0, 0.05) is 17.3 Å². The number of hydrogen-bond donors (Lipinski definition) is 2. The maximum absolute atomic E-state index is 14.2. The number of amides is 4. The normalized spacial score (nSPS) is 17.6. The van der Waals surface area contributed by atoms with E-state index < -0.39 is 41.6 Å². The molecule has 1 heterocycles. The molecule has 7 nitrogen and oxygen atoms in total. The van der Waals surface area contributed by atoms with Crippen molar-refractivity contribution in [3.63, 3.8) is 0 Å². The Bertz CT molecular complexity index is 1220. The van der Waals surface area contributed by atoms with E-state index in [4.69, 9.17) is 4.74 Å². The molecular weight excluding hydrogens is 432 g/mol. The SMILES string of the molecule is CC1(c2ccc(F)cc2F)NC(=O)N(CC(=O)Nc2ccc(Oc3ccccc3)cc2)C1=O. The number of para-hydroxylation sites is 1. The van der Waals surface area contributed by atoms with Gasteiger partial charge in [0.05, 0.1) is 0 Å². The number of nitrogens with one attached hydrogen (secondary N) is 2. The number of benzene rings is 3. The van der Waals surface area contributed by atoms with Gasteiger partial charge in [0.2, 0.25) is 5.91 Å². The van der Waals surface area contributed by atoms with Crippen LogP contribution >= 0.6 is 0 Å². The van der Waals surface area contributed by atoms with Gasteiger partial charge in [-0.15, -0.1) is 0 Å². The molecule has 1 saturated heterocycles. The van der Waals surface area contributed by atoms with Gasteiger partial charge in [0.15, 0.2) is 0 Å². The van der Waals surface area contributed by atoms with Gasteiger partial charge in [-0.25, -0.2) is 13.6 Å². The van der Waals surface area contributed by atoms with E-state index in [-0.39, 0.29) is 5.56 Å². The summed E-state index contributed by atoms with van der Waals surface area (Å²) >= 11 is 0. The predicted octanol–water partition coefficient (Wildman–Crippen LogP) is 4.16. The van der Waals surface area contributed by atoms with E-state index in [0.29, 0.717) is 28.2 Å². The fourth-order valence-electron chi connectivity index (χ4n) is 3.49. The first-order chi connectivity index (χ1) is 15.8. The lowest BCUT2D eigenvalue weighted by atomic mass is 9.91. The maximum atomic E-state index is 14.2. The predicted molar refractivity (Wildman–Crippen MR) is 116 cm³/mol. The minimum atomic E-state index is -1.76. The van der Waals surface area contributed by atoms with Crippen LogP contribution in [0.2, 0.25) is 0 Å². The summed E-state index contributed by atoms with van der Waals surface area (Å²) in [7, 11) is 0. The van der Waals surface area contributed by atoms with Crippen molar-refractivity contribution in [2.75, 3.05) is 11.9 Å². The lowest BCUT2D eigenvalue weighted by Gasteiger charge is -2.22. The van der Waals surface area contributed by atoms with Crippen molar-refractivity contribution < 1.29 is 27.9 Å². The third kappa shape index (κ3) is 4.52. The molecule has 0 aliphatic carbocycles. The molecule has 1 aliphatic heterocycles. The van der Waals surface area contributed by atoms with Gasteiger partial charge >= 0.3 is 6.03 Å². The number of ether oxygens (including phenoxy) is 1. The van der Waals surface area contributed by atoms with E-state index in [0.717, 1.165) is 12.1 Å². The number of urea groups is 1. The van der Waals surface area contributed by atoms with E-state index in [2.05, 4.69) is 10.6 Å². The van der Waals surface area contributed by atoms with E-state index in [1.54, 1.807) is 36.4 Å². The molecule has 33 heavy (non-hydrogen) atoms. The number of carbonyl (C=O) groups excluding carboxylic acids is 3. The number of imide groups is 1. The van der Waals surface area contributed by atoms with E-state index in [9.17, 15) is 23.2 Å². The lowest BCUT2D eigenvalue weighted by molar-refractivity contribution is -0.133. The molecule has 0 bridgehead atoms. The van der Waals surface area contributed by atoms with Gasteiger partial charge in [-0.05, 0) is 49.4 Å². The van der Waals surface area contributed by atoms with Gasteiger partial charge in [-0.3, -0.25) is 14.5 Å². The molecule has 0 spiro atoms. The first kappa shape index (κ1) is 21.9. The van der Waals surface area contributed by atoms with Crippen LogP contribution in [0, 0.1) is 11.6 Å². The highest BCUT2D eigenvalue weighted by Crippen LogP contribution is 2.31. The lowest BCUT2D eigenvalue weighted by Crippen LogP contribution is -2.42. The van der Waals surface area contributed by atoms with Crippen LogP contribution in [0.5, 0.6) is 11.5 Å². The first-order valence-electron chi connectivity index (χ1n) is 9.99. The maximum Gasteiger partial charge on any atom is 0.325 e. The van der Waals surface area contributed by atoms with Gasteiger partial charge in [0.1, 0.15) is 35.2 Å². The Hall–Kier alpha value is -4.27. The Morgan fingerprint density at radius 2 is 1.67 bits per heavy atom. The fourth-order valence-corrected chi connectivity index (χ4v) is 3.49. The highest BCUT2D eigenvalue weighted by Gasteiger charge is 2.50. The molecule has 2 N–H and O–H groups in total. The Labute approximate surface area is 188 Å². The summed E-state index contributed by atoms with van der Waals surface area (Å²) in [6, 6.07) is 17.6. The quantitative estimate of drug-likeness (QED) is 0.551. The highest BCUT2D eigenvalue weighted by molar-refractivity contribution is 6.10. The van der Waals surface area contributed by atoms with Crippen molar-refractivity contribution in [3.8, 4) is 11.5 Å². The molecule has 3 aromatic carbocycles. The molecule has 1 aliphatic rings. The molecule has 1 unspecified atom stereocenters. The molecule has 3 aromatic rings. The Kier molecular flexibility index (Phi) is 5.78. The minimum absolute atomic E-state index is 0.195. The minimum Gasteiger partial charge on any atom is -0.457 e. The largest absolute Gasteiger partial charge is 0.457 e. The van der Waals surface area contributed by atoms with Crippen LogP contribution in [0.15, 0.2) is 72.8 Å². The summed E-state index contributed by atoms with van der Waals surface area (Å²) in [5.41, 5.74) is -1.52. The second-order valence-electron chi connectivity index (χ2n) is 7.56. The molecule has 0 saturated carbocycles. The molecule has 9 heteroatoms. The van der Waals surface area contributed by atoms with Gasteiger partial charge < -0.3 is 15.4 Å².